The number of hydrogen-bond acceptors (Lipinski definition) is 2. The summed E-state index contributed by atoms with van der Waals surface area (Å²) < 4.78 is 19.5. The standard InChI is InChI=1S/C15H15ClFNO/c1-10-7-12(16)4-6-14(10)19-15-5-3-11(9-18-2)8-13(15)17/h3-8,18H,9H2,1-2H3. The molecule has 2 aromatic rings. The maximum Gasteiger partial charge on any atom is 0.166 e. The average Bonchev–Trinajstić information content (AvgIpc) is 2.36. The molecule has 2 rings (SSSR count). The summed E-state index contributed by atoms with van der Waals surface area (Å²) >= 11 is 5.87. The molecular weight excluding hydrogens is 265 g/mol. The SMILES string of the molecule is CNCc1ccc(Oc2ccc(Cl)cc2C)c(F)c1. The number of benzene rings is 2. The molecule has 1 N–H and O–H groups in total. The number of ether oxygens (including phenoxy) is 1. The first-order valence-corrected chi connectivity index (χ1v) is 6.35. The molecule has 2 nitrogen and oxygen atoms in total. The van der Waals surface area contributed by atoms with Gasteiger partial charge in [0, 0.05) is 11.6 Å². The summed E-state index contributed by atoms with van der Waals surface area (Å²) in [5, 5.41) is 3.61. The van der Waals surface area contributed by atoms with Crippen molar-refractivity contribution >= 4 is 11.6 Å². The maximum absolute atomic E-state index is 13.9. The Bertz CT molecular complexity index is 586. The van der Waals surface area contributed by atoms with Crippen molar-refractivity contribution in [1.82, 2.24) is 5.32 Å². The minimum absolute atomic E-state index is 0.213. The largest absolute Gasteiger partial charge is 0.454 e. The van der Waals surface area contributed by atoms with Gasteiger partial charge in [-0.1, -0.05) is 17.7 Å². The van der Waals surface area contributed by atoms with Crippen LogP contribution in [0.3, 0.4) is 0 Å². The van der Waals surface area contributed by atoms with Crippen molar-refractivity contribution in [3.05, 3.63) is 58.4 Å². The first kappa shape index (κ1) is 13.8. The van der Waals surface area contributed by atoms with Gasteiger partial charge in [0.15, 0.2) is 11.6 Å². The number of nitrogens with one attached hydrogen (secondary N) is 1. The zero-order valence-corrected chi connectivity index (χ0v) is 11.6. The van der Waals surface area contributed by atoms with Crippen LogP contribution in [0.25, 0.3) is 0 Å². The van der Waals surface area contributed by atoms with Crippen LogP contribution in [-0.4, -0.2) is 7.05 Å². The molecular formula is C15H15ClFNO. The third-order valence-corrected chi connectivity index (χ3v) is 2.97. The van der Waals surface area contributed by atoms with Crippen LogP contribution < -0.4 is 10.1 Å². The Morgan fingerprint density at radius 2 is 1.89 bits per heavy atom. The highest BCUT2D eigenvalue weighted by molar-refractivity contribution is 6.30. The van der Waals surface area contributed by atoms with E-state index in [2.05, 4.69) is 5.32 Å². The molecule has 0 bridgehead atoms. The summed E-state index contributed by atoms with van der Waals surface area (Å²) in [6, 6.07) is 10.2. The van der Waals surface area contributed by atoms with Crippen molar-refractivity contribution in [1.29, 1.82) is 0 Å². The monoisotopic (exact) mass is 279 g/mol. The van der Waals surface area contributed by atoms with Gasteiger partial charge in [0.05, 0.1) is 0 Å². The van der Waals surface area contributed by atoms with Gasteiger partial charge < -0.3 is 10.1 Å². The Morgan fingerprint density at radius 3 is 2.53 bits per heavy atom. The second kappa shape index (κ2) is 6.04. The lowest BCUT2D eigenvalue weighted by Gasteiger charge is -2.10. The van der Waals surface area contributed by atoms with Crippen LogP contribution in [0.4, 0.5) is 4.39 Å². The molecule has 0 aromatic heterocycles. The normalized spacial score (nSPS) is 10.5. The maximum atomic E-state index is 13.9. The van der Waals surface area contributed by atoms with E-state index < -0.39 is 0 Å². The highest BCUT2D eigenvalue weighted by atomic mass is 35.5. The van der Waals surface area contributed by atoms with Crippen molar-refractivity contribution in [3.8, 4) is 11.5 Å². The van der Waals surface area contributed by atoms with Crippen LogP contribution in [0.1, 0.15) is 11.1 Å². The third kappa shape index (κ3) is 3.46. The molecule has 19 heavy (non-hydrogen) atoms. The van der Waals surface area contributed by atoms with Gasteiger partial charge >= 0.3 is 0 Å². The van der Waals surface area contributed by atoms with E-state index in [1.807, 2.05) is 20.0 Å². The summed E-state index contributed by atoms with van der Waals surface area (Å²) in [5.74, 6) is 0.442. The Labute approximate surface area is 117 Å². The summed E-state index contributed by atoms with van der Waals surface area (Å²) in [6.45, 7) is 2.49. The Morgan fingerprint density at radius 1 is 1.16 bits per heavy atom. The van der Waals surface area contributed by atoms with Crippen LogP contribution in [0.5, 0.6) is 11.5 Å². The second-order valence-electron chi connectivity index (χ2n) is 4.31. The molecule has 0 heterocycles. The fourth-order valence-corrected chi connectivity index (χ4v) is 2.01. The van der Waals surface area contributed by atoms with E-state index in [0.717, 1.165) is 11.1 Å². The zero-order valence-electron chi connectivity index (χ0n) is 10.8. The lowest BCUT2D eigenvalue weighted by molar-refractivity contribution is 0.439. The van der Waals surface area contributed by atoms with E-state index in [9.17, 15) is 4.39 Å². The minimum atomic E-state index is -0.373. The van der Waals surface area contributed by atoms with Gasteiger partial charge in [0.25, 0.3) is 0 Å². The van der Waals surface area contributed by atoms with Gasteiger partial charge in [0.1, 0.15) is 5.75 Å². The first-order valence-electron chi connectivity index (χ1n) is 5.97. The van der Waals surface area contributed by atoms with E-state index >= 15 is 0 Å². The molecule has 4 heteroatoms. The molecule has 0 saturated heterocycles. The summed E-state index contributed by atoms with van der Waals surface area (Å²) in [5.41, 5.74) is 1.74. The molecule has 0 spiro atoms. The van der Waals surface area contributed by atoms with E-state index in [4.69, 9.17) is 16.3 Å². The second-order valence-corrected chi connectivity index (χ2v) is 4.74. The fraction of sp³-hybridized carbons (Fsp3) is 0.200. The number of halogens is 2. The fourth-order valence-electron chi connectivity index (χ4n) is 1.79. The van der Waals surface area contributed by atoms with Crippen LogP contribution in [0.2, 0.25) is 5.02 Å². The average molecular weight is 280 g/mol. The van der Waals surface area contributed by atoms with Crippen molar-refractivity contribution in [3.63, 3.8) is 0 Å². The smallest absolute Gasteiger partial charge is 0.166 e. The number of rotatable bonds is 4. The van der Waals surface area contributed by atoms with Gasteiger partial charge in [-0.05, 0) is 55.4 Å². The van der Waals surface area contributed by atoms with Crippen molar-refractivity contribution in [2.24, 2.45) is 0 Å². The summed E-state index contributed by atoms with van der Waals surface area (Å²) in [4.78, 5) is 0. The lowest BCUT2D eigenvalue weighted by Crippen LogP contribution is -2.05. The molecule has 0 saturated carbocycles. The molecule has 0 aliphatic rings. The Balaban J connectivity index is 2.23. The minimum Gasteiger partial charge on any atom is -0.454 e. The van der Waals surface area contributed by atoms with Gasteiger partial charge in [-0.15, -0.1) is 0 Å². The zero-order chi connectivity index (χ0) is 13.8. The lowest BCUT2D eigenvalue weighted by atomic mass is 10.2. The molecule has 100 valence electrons. The highest BCUT2D eigenvalue weighted by Crippen LogP contribution is 2.29. The van der Waals surface area contributed by atoms with Crippen LogP contribution in [0, 0.1) is 12.7 Å². The predicted octanol–water partition coefficient (Wildman–Crippen LogP) is 4.30. The van der Waals surface area contributed by atoms with Crippen molar-refractivity contribution < 1.29 is 9.13 Å². The topological polar surface area (TPSA) is 21.3 Å². The molecule has 0 atom stereocenters. The third-order valence-electron chi connectivity index (χ3n) is 2.73. The molecule has 0 unspecified atom stereocenters. The van der Waals surface area contributed by atoms with Gasteiger partial charge in [-0.3, -0.25) is 0 Å². The van der Waals surface area contributed by atoms with Gasteiger partial charge in [-0.25, -0.2) is 4.39 Å². The molecule has 2 aromatic carbocycles. The predicted molar refractivity (Wildman–Crippen MR) is 75.4 cm³/mol. The molecule has 0 amide bonds. The molecule has 0 aliphatic carbocycles. The van der Waals surface area contributed by atoms with E-state index in [0.29, 0.717) is 17.3 Å². The van der Waals surface area contributed by atoms with Gasteiger partial charge in [0.2, 0.25) is 0 Å². The Kier molecular flexibility index (Phi) is 4.40. The summed E-state index contributed by atoms with van der Waals surface area (Å²) in [7, 11) is 1.82. The molecule has 0 fully saturated rings. The van der Waals surface area contributed by atoms with E-state index in [1.54, 1.807) is 24.3 Å². The van der Waals surface area contributed by atoms with Crippen LogP contribution in [0.15, 0.2) is 36.4 Å². The van der Waals surface area contributed by atoms with E-state index in [-0.39, 0.29) is 11.6 Å². The molecule has 0 radical (unpaired) electrons. The molecule has 0 aliphatic heterocycles. The number of hydrogen-bond donors (Lipinski definition) is 1. The quantitative estimate of drug-likeness (QED) is 0.901. The summed E-state index contributed by atoms with van der Waals surface area (Å²) in [6.07, 6.45) is 0. The Hall–Kier alpha value is -1.58. The van der Waals surface area contributed by atoms with Crippen LogP contribution >= 0.6 is 11.6 Å². The van der Waals surface area contributed by atoms with Crippen molar-refractivity contribution in [2.45, 2.75) is 13.5 Å². The van der Waals surface area contributed by atoms with Gasteiger partial charge in [-0.2, -0.15) is 0 Å². The first-order chi connectivity index (χ1) is 9.10. The number of aryl methyl sites for hydroxylation is 1. The van der Waals surface area contributed by atoms with E-state index in [1.165, 1.54) is 6.07 Å². The van der Waals surface area contributed by atoms with Crippen LogP contribution in [-0.2, 0) is 6.54 Å². The highest BCUT2D eigenvalue weighted by Gasteiger charge is 2.08. The van der Waals surface area contributed by atoms with Crippen molar-refractivity contribution in [2.75, 3.05) is 7.05 Å².